The zero-order valence-electron chi connectivity index (χ0n) is 11.0. The number of hydrogen-bond donors (Lipinski definition) is 2. The molecule has 110 valence electrons. The van der Waals surface area contributed by atoms with E-state index < -0.39 is 17.9 Å². The topological polar surface area (TPSA) is 53.1 Å². The Morgan fingerprint density at radius 1 is 1.35 bits per heavy atom. The van der Waals surface area contributed by atoms with Gasteiger partial charge in [0.1, 0.15) is 11.8 Å². The first kappa shape index (κ1) is 14.8. The first-order valence-corrected chi connectivity index (χ1v) is 6.56. The molecule has 1 aliphatic rings. The number of halogens is 3. The second kappa shape index (κ2) is 5.83. The van der Waals surface area contributed by atoms with E-state index in [0.29, 0.717) is 13.1 Å². The van der Waals surface area contributed by atoms with E-state index in [0.717, 1.165) is 12.0 Å². The fourth-order valence-corrected chi connectivity index (χ4v) is 2.63. The highest BCUT2D eigenvalue weighted by atomic mass is 19.4. The van der Waals surface area contributed by atoms with E-state index in [-0.39, 0.29) is 12.5 Å². The van der Waals surface area contributed by atoms with Crippen molar-refractivity contribution in [2.75, 3.05) is 19.6 Å². The van der Waals surface area contributed by atoms with Crippen molar-refractivity contribution in [3.05, 3.63) is 35.9 Å². The molecule has 2 atom stereocenters. The van der Waals surface area contributed by atoms with Crippen LogP contribution in [0.2, 0.25) is 0 Å². The van der Waals surface area contributed by atoms with Crippen LogP contribution in [0.3, 0.4) is 0 Å². The van der Waals surface area contributed by atoms with Crippen molar-refractivity contribution in [1.29, 1.82) is 5.41 Å². The Hall–Kier alpha value is -1.56. The van der Waals surface area contributed by atoms with Crippen molar-refractivity contribution in [1.82, 2.24) is 4.90 Å². The Labute approximate surface area is 116 Å². The van der Waals surface area contributed by atoms with Crippen molar-refractivity contribution in [3.63, 3.8) is 0 Å². The molecule has 1 aromatic carbocycles. The lowest BCUT2D eigenvalue weighted by atomic mass is 9.99. The number of nitrogens with zero attached hydrogens (tertiary/aromatic N) is 1. The monoisotopic (exact) mass is 285 g/mol. The van der Waals surface area contributed by atoms with Gasteiger partial charge in [-0.2, -0.15) is 13.2 Å². The second-order valence-electron chi connectivity index (χ2n) is 5.21. The van der Waals surface area contributed by atoms with Crippen LogP contribution in [0.15, 0.2) is 30.3 Å². The third-order valence-corrected chi connectivity index (χ3v) is 3.75. The van der Waals surface area contributed by atoms with Crippen LogP contribution in [0.4, 0.5) is 13.2 Å². The molecule has 6 heteroatoms. The lowest BCUT2D eigenvalue weighted by molar-refractivity contribution is -0.159. The summed E-state index contributed by atoms with van der Waals surface area (Å²) in [5.74, 6) is -2.41. The van der Waals surface area contributed by atoms with Crippen LogP contribution >= 0.6 is 0 Å². The number of amidine groups is 1. The molecular weight excluding hydrogens is 267 g/mol. The Kier molecular flexibility index (Phi) is 4.32. The minimum Gasteiger partial charge on any atom is -0.387 e. The van der Waals surface area contributed by atoms with Crippen molar-refractivity contribution in [2.45, 2.75) is 18.5 Å². The molecule has 0 saturated carbocycles. The number of likely N-dealkylation sites (tertiary alicyclic amines) is 1. The minimum absolute atomic E-state index is 0.220. The van der Waals surface area contributed by atoms with E-state index in [1.165, 1.54) is 0 Å². The molecule has 2 unspecified atom stereocenters. The van der Waals surface area contributed by atoms with Gasteiger partial charge in [-0.05, 0) is 24.4 Å². The summed E-state index contributed by atoms with van der Waals surface area (Å²) in [5, 5.41) is 7.12. The molecule has 1 aromatic rings. The highest BCUT2D eigenvalue weighted by Gasteiger charge is 2.43. The van der Waals surface area contributed by atoms with Gasteiger partial charge in [0.05, 0.1) is 0 Å². The fraction of sp³-hybridized carbons (Fsp3) is 0.500. The molecule has 0 aromatic heterocycles. The maximum atomic E-state index is 12.8. The average molecular weight is 285 g/mol. The first-order chi connectivity index (χ1) is 9.38. The quantitative estimate of drug-likeness (QED) is 0.660. The van der Waals surface area contributed by atoms with E-state index in [9.17, 15) is 13.2 Å². The maximum absolute atomic E-state index is 12.8. The fourth-order valence-electron chi connectivity index (χ4n) is 2.63. The van der Waals surface area contributed by atoms with Crippen molar-refractivity contribution in [2.24, 2.45) is 11.7 Å². The number of rotatable bonds is 4. The summed E-state index contributed by atoms with van der Waals surface area (Å²) < 4.78 is 38.4. The summed E-state index contributed by atoms with van der Waals surface area (Å²) in [6.07, 6.45) is -3.61. The Balaban J connectivity index is 1.98. The Morgan fingerprint density at radius 3 is 2.55 bits per heavy atom. The van der Waals surface area contributed by atoms with Crippen LogP contribution < -0.4 is 5.73 Å². The highest BCUT2D eigenvalue weighted by molar-refractivity contribution is 5.80. The van der Waals surface area contributed by atoms with Gasteiger partial charge in [0.2, 0.25) is 0 Å². The van der Waals surface area contributed by atoms with Crippen LogP contribution in [0.5, 0.6) is 0 Å². The van der Waals surface area contributed by atoms with Crippen LogP contribution in [0.1, 0.15) is 17.9 Å². The molecule has 0 bridgehead atoms. The molecule has 1 saturated heterocycles. The lowest BCUT2D eigenvalue weighted by Gasteiger charge is -2.24. The van der Waals surface area contributed by atoms with Gasteiger partial charge >= 0.3 is 6.18 Å². The molecule has 20 heavy (non-hydrogen) atoms. The highest BCUT2D eigenvalue weighted by Crippen LogP contribution is 2.31. The zero-order chi connectivity index (χ0) is 14.8. The van der Waals surface area contributed by atoms with Crippen molar-refractivity contribution < 1.29 is 13.2 Å². The summed E-state index contributed by atoms with van der Waals surface area (Å²) >= 11 is 0. The van der Waals surface area contributed by atoms with E-state index in [2.05, 4.69) is 0 Å². The molecule has 3 nitrogen and oxygen atoms in total. The molecule has 0 radical (unpaired) electrons. The smallest absolute Gasteiger partial charge is 0.387 e. The van der Waals surface area contributed by atoms with Gasteiger partial charge in [-0.15, -0.1) is 0 Å². The maximum Gasteiger partial charge on any atom is 0.399 e. The van der Waals surface area contributed by atoms with Gasteiger partial charge in [0.25, 0.3) is 0 Å². The Bertz CT molecular complexity index is 458. The third-order valence-electron chi connectivity index (χ3n) is 3.75. The standard InChI is InChI=1S/C14H18F3N3/c15-14(16,17)12(13(18)19)9-20-7-6-11(8-20)10-4-2-1-3-5-10/h1-5,11-12H,6-9H2,(H3,18,19). The molecule has 0 spiro atoms. The number of hydrogen-bond acceptors (Lipinski definition) is 2. The van der Waals surface area contributed by atoms with E-state index >= 15 is 0 Å². The van der Waals surface area contributed by atoms with E-state index in [4.69, 9.17) is 11.1 Å². The third kappa shape index (κ3) is 3.50. The van der Waals surface area contributed by atoms with Gasteiger partial charge in [-0.3, -0.25) is 5.41 Å². The Morgan fingerprint density at radius 2 is 2.00 bits per heavy atom. The van der Waals surface area contributed by atoms with Gasteiger partial charge in [-0.25, -0.2) is 0 Å². The summed E-state index contributed by atoms with van der Waals surface area (Å²) in [6.45, 7) is 0.978. The van der Waals surface area contributed by atoms with Crippen molar-refractivity contribution >= 4 is 5.84 Å². The SMILES string of the molecule is N=C(N)C(CN1CCC(c2ccccc2)C1)C(F)(F)F. The molecule has 0 amide bonds. The zero-order valence-corrected chi connectivity index (χ0v) is 11.0. The predicted octanol–water partition coefficient (Wildman–Crippen LogP) is 2.59. The van der Waals surface area contributed by atoms with Gasteiger partial charge in [-0.1, -0.05) is 30.3 Å². The van der Waals surface area contributed by atoms with E-state index in [1.807, 2.05) is 30.3 Å². The predicted molar refractivity (Wildman–Crippen MR) is 71.7 cm³/mol. The van der Waals surface area contributed by atoms with Crippen LogP contribution in [0.25, 0.3) is 0 Å². The summed E-state index contributed by atoms with van der Waals surface area (Å²) in [4.78, 5) is 1.75. The van der Waals surface area contributed by atoms with Crippen LogP contribution in [-0.2, 0) is 0 Å². The summed E-state index contributed by atoms with van der Waals surface area (Å²) in [7, 11) is 0. The number of nitrogens with one attached hydrogen (secondary N) is 1. The second-order valence-corrected chi connectivity index (χ2v) is 5.21. The number of benzene rings is 1. The first-order valence-electron chi connectivity index (χ1n) is 6.56. The molecule has 3 N–H and O–H groups in total. The number of alkyl halides is 3. The molecule has 1 fully saturated rings. The van der Waals surface area contributed by atoms with Crippen LogP contribution in [-0.4, -0.2) is 36.5 Å². The molecule has 1 aliphatic heterocycles. The number of nitrogens with two attached hydrogens (primary N) is 1. The largest absolute Gasteiger partial charge is 0.399 e. The lowest BCUT2D eigenvalue weighted by Crippen LogP contribution is -2.43. The van der Waals surface area contributed by atoms with Crippen LogP contribution in [0, 0.1) is 11.3 Å². The average Bonchev–Trinajstić information content (AvgIpc) is 2.84. The van der Waals surface area contributed by atoms with Gasteiger partial charge in [0.15, 0.2) is 0 Å². The molecular formula is C14H18F3N3. The van der Waals surface area contributed by atoms with E-state index in [1.54, 1.807) is 4.90 Å². The molecule has 2 rings (SSSR count). The molecule has 1 heterocycles. The van der Waals surface area contributed by atoms with Crippen molar-refractivity contribution in [3.8, 4) is 0 Å². The normalized spacial score (nSPS) is 21.9. The minimum atomic E-state index is -4.45. The van der Waals surface area contributed by atoms with Gasteiger partial charge < -0.3 is 10.6 Å². The van der Waals surface area contributed by atoms with Gasteiger partial charge in [0, 0.05) is 13.1 Å². The summed E-state index contributed by atoms with van der Waals surface area (Å²) in [5.41, 5.74) is 6.24. The summed E-state index contributed by atoms with van der Waals surface area (Å²) in [6, 6.07) is 9.80. The molecule has 0 aliphatic carbocycles.